The van der Waals surface area contributed by atoms with Gasteiger partial charge in [-0.25, -0.2) is 0 Å². The van der Waals surface area contributed by atoms with Crippen LogP contribution in [0.25, 0.3) is 0 Å². The Morgan fingerprint density at radius 2 is 1.90 bits per heavy atom. The molecule has 2 bridgehead atoms. The molecule has 20 heavy (non-hydrogen) atoms. The van der Waals surface area contributed by atoms with Gasteiger partial charge in [0, 0.05) is 37.6 Å². The lowest BCUT2D eigenvalue weighted by Gasteiger charge is -2.32. The molecule has 4 nitrogen and oxygen atoms in total. The average molecular weight is 279 g/mol. The van der Waals surface area contributed by atoms with Gasteiger partial charge in [-0.3, -0.25) is 4.79 Å². The van der Waals surface area contributed by atoms with Gasteiger partial charge in [-0.05, 0) is 58.5 Å². The summed E-state index contributed by atoms with van der Waals surface area (Å²) < 4.78 is 0. The predicted octanol–water partition coefficient (Wildman–Crippen LogP) is 1.46. The highest BCUT2D eigenvalue weighted by Crippen LogP contribution is 2.33. The van der Waals surface area contributed by atoms with Crippen LogP contribution in [0.5, 0.6) is 0 Å². The molecule has 114 valence electrons. The van der Waals surface area contributed by atoms with Crippen LogP contribution in [-0.4, -0.2) is 60.5 Å². The molecule has 0 aromatic heterocycles. The van der Waals surface area contributed by atoms with Crippen molar-refractivity contribution in [3.05, 3.63) is 0 Å². The first-order chi connectivity index (χ1) is 9.61. The molecule has 3 fully saturated rings. The fourth-order valence-electron chi connectivity index (χ4n) is 4.45. The molecule has 3 aliphatic rings. The Bertz CT molecular complexity index is 348. The standard InChI is InChI=1S/C16H29N3O/c1-12-11-18(2)6-3-7-19(12)16(20)10-13-8-14-4-5-15(9-13)17-14/h12-15,17H,3-11H2,1-2H3. The van der Waals surface area contributed by atoms with Gasteiger partial charge in [-0.1, -0.05) is 0 Å². The second kappa shape index (κ2) is 6.02. The topological polar surface area (TPSA) is 35.6 Å². The monoisotopic (exact) mass is 279 g/mol. The summed E-state index contributed by atoms with van der Waals surface area (Å²) in [6.07, 6.45) is 6.96. The number of nitrogens with zero attached hydrogens (tertiary/aromatic N) is 2. The molecule has 1 N–H and O–H groups in total. The van der Waals surface area contributed by atoms with E-state index in [2.05, 4.69) is 29.1 Å². The zero-order valence-electron chi connectivity index (χ0n) is 13.0. The quantitative estimate of drug-likeness (QED) is 0.831. The van der Waals surface area contributed by atoms with Crippen LogP contribution in [0.1, 0.15) is 45.4 Å². The van der Waals surface area contributed by atoms with Crippen LogP contribution in [-0.2, 0) is 4.79 Å². The van der Waals surface area contributed by atoms with Crippen LogP contribution in [0.3, 0.4) is 0 Å². The molecular formula is C16H29N3O. The number of hydrogen-bond donors (Lipinski definition) is 1. The number of carbonyl (C=O) groups excluding carboxylic acids is 1. The highest BCUT2D eigenvalue weighted by molar-refractivity contribution is 5.76. The Hall–Kier alpha value is -0.610. The fraction of sp³-hybridized carbons (Fsp3) is 0.938. The fourth-order valence-corrected chi connectivity index (χ4v) is 4.45. The van der Waals surface area contributed by atoms with E-state index in [0.29, 0.717) is 30.0 Å². The number of nitrogens with one attached hydrogen (secondary N) is 1. The lowest BCUT2D eigenvalue weighted by atomic mass is 9.89. The second-order valence-electron chi connectivity index (χ2n) is 7.23. The molecule has 0 aromatic carbocycles. The summed E-state index contributed by atoms with van der Waals surface area (Å²) in [4.78, 5) is 17.2. The lowest BCUT2D eigenvalue weighted by molar-refractivity contribution is -0.134. The van der Waals surface area contributed by atoms with E-state index in [9.17, 15) is 4.79 Å². The van der Waals surface area contributed by atoms with E-state index in [0.717, 1.165) is 32.5 Å². The number of fused-ring (bicyclic) bond motifs is 2. The zero-order valence-corrected chi connectivity index (χ0v) is 13.0. The van der Waals surface area contributed by atoms with Crippen molar-refractivity contribution < 1.29 is 4.79 Å². The van der Waals surface area contributed by atoms with Gasteiger partial charge >= 0.3 is 0 Å². The molecule has 4 heteroatoms. The number of amides is 1. The van der Waals surface area contributed by atoms with Crippen molar-refractivity contribution in [2.24, 2.45) is 5.92 Å². The van der Waals surface area contributed by atoms with Gasteiger partial charge in [-0.2, -0.15) is 0 Å². The zero-order chi connectivity index (χ0) is 14.1. The maximum atomic E-state index is 12.7. The smallest absolute Gasteiger partial charge is 0.223 e. The van der Waals surface area contributed by atoms with Crippen LogP contribution in [0, 0.1) is 5.92 Å². The molecule has 3 saturated heterocycles. The van der Waals surface area contributed by atoms with Gasteiger partial charge in [0.1, 0.15) is 0 Å². The normalized spacial score (nSPS) is 38.8. The van der Waals surface area contributed by atoms with Crippen LogP contribution in [0.4, 0.5) is 0 Å². The van der Waals surface area contributed by atoms with E-state index in [1.54, 1.807) is 0 Å². The Balaban J connectivity index is 1.55. The summed E-state index contributed by atoms with van der Waals surface area (Å²) in [6.45, 7) is 5.28. The molecule has 3 atom stereocenters. The Labute approximate surface area is 122 Å². The molecule has 0 saturated carbocycles. The third-order valence-electron chi connectivity index (χ3n) is 5.40. The maximum Gasteiger partial charge on any atom is 0.223 e. The molecule has 3 rings (SSSR count). The number of piperidine rings is 1. The van der Waals surface area contributed by atoms with E-state index in [4.69, 9.17) is 0 Å². The minimum Gasteiger partial charge on any atom is -0.339 e. The second-order valence-corrected chi connectivity index (χ2v) is 7.23. The third-order valence-corrected chi connectivity index (χ3v) is 5.40. The van der Waals surface area contributed by atoms with Crippen molar-refractivity contribution in [2.75, 3.05) is 26.7 Å². The summed E-state index contributed by atoms with van der Waals surface area (Å²) >= 11 is 0. The minimum atomic E-state index is 0.369. The third kappa shape index (κ3) is 3.17. The van der Waals surface area contributed by atoms with Crippen molar-refractivity contribution in [2.45, 2.75) is 63.6 Å². The number of likely N-dealkylation sites (N-methyl/N-ethyl adjacent to an activating group) is 1. The van der Waals surface area contributed by atoms with Gasteiger partial charge in [0.2, 0.25) is 5.91 Å². The van der Waals surface area contributed by atoms with Crippen LogP contribution in [0.2, 0.25) is 0 Å². The summed E-state index contributed by atoms with van der Waals surface area (Å²) in [7, 11) is 2.16. The van der Waals surface area contributed by atoms with E-state index in [1.165, 1.54) is 25.7 Å². The number of rotatable bonds is 2. The van der Waals surface area contributed by atoms with Crippen molar-refractivity contribution >= 4 is 5.91 Å². The number of carbonyl (C=O) groups is 1. The molecular weight excluding hydrogens is 250 g/mol. The number of hydrogen-bond acceptors (Lipinski definition) is 3. The predicted molar refractivity (Wildman–Crippen MR) is 80.6 cm³/mol. The first kappa shape index (κ1) is 14.3. The molecule has 0 aliphatic carbocycles. The average Bonchev–Trinajstić information content (AvgIpc) is 2.63. The van der Waals surface area contributed by atoms with E-state index >= 15 is 0 Å². The summed E-state index contributed by atoms with van der Waals surface area (Å²) in [5.41, 5.74) is 0. The van der Waals surface area contributed by atoms with E-state index in [-0.39, 0.29) is 0 Å². The molecule has 0 radical (unpaired) electrons. The summed E-state index contributed by atoms with van der Waals surface area (Å²) in [6, 6.07) is 1.76. The first-order valence-corrected chi connectivity index (χ1v) is 8.36. The van der Waals surface area contributed by atoms with Crippen LogP contribution in [0.15, 0.2) is 0 Å². The molecule has 3 unspecified atom stereocenters. The summed E-state index contributed by atoms with van der Waals surface area (Å²) in [5, 5.41) is 3.67. The van der Waals surface area contributed by atoms with Gasteiger partial charge in [0.25, 0.3) is 0 Å². The van der Waals surface area contributed by atoms with Gasteiger partial charge < -0.3 is 15.1 Å². The molecule has 3 aliphatic heterocycles. The maximum absolute atomic E-state index is 12.7. The van der Waals surface area contributed by atoms with Gasteiger partial charge in [0.05, 0.1) is 0 Å². The Kier molecular flexibility index (Phi) is 4.32. The minimum absolute atomic E-state index is 0.369. The summed E-state index contributed by atoms with van der Waals surface area (Å²) in [5.74, 6) is 1.02. The first-order valence-electron chi connectivity index (χ1n) is 8.36. The molecule has 3 heterocycles. The highest BCUT2D eigenvalue weighted by atomic mass is 16.2. The molecule has 1 amide bonds. The Morgan fingerprint density at radius 1 is 1.20 bits per heavy atom. The lowest BCUT2D eigenvalue weighted by Crippen LogP contribution is -2.44. The van der Waals surface area contributed by atoms with Crippen molar-refractivity contribution in [1.29, 1.82) is 0 Å². The van der Waals surface area contributed by atoms with Crippen LogP contribution < -0.4 is 5.32 Å². The van der Waals surface area contributed by atoms with Crippen molar-refractivity contribution in [1.82, 2.24) is 15.1 Å². The highest BCUT2D eigenvalue weighted by Gasteiger charge is 2.35. The van der Waals surface area contributed by atoms with Crippen LogP contribution >= 0.6 is 0 Å². The Morgan fingerprint density at radius 3 is 2.60 bits per heavy atom. The van der Waals surface area contributed by atoms with Crippen molar-refractivity contribution in [3.8, 4) is 0 Å². The molecule has 0 aromatic rings. The molecule has 0 spiro atoms. The van der Waals surface area contributed by atoms with Gasteiger partial charge in [0.15, 0.2) is 0 Å². The van der Waals surface area contributed by atoms with E-state index < -0.39 is 0 Å². The largest absolute Gasteiger partial charge is 0.339 e. The van der Waals surface area contributed by atoms with E-state index in [1.807, 2.05) is 0 Å². The van der Waals surface area contributed by atoms with Gasteiger partial charge in [-0.15, -0.1) is 0 Å². The SMILES string of the molecule is CC1CN(C)CCCN1C(=O)CC1CC2CCC(C1)N2. The van der Waals surface area contributed by atoms with Crippen molar-refractivity contribution in [3.63, 3.8) is 0 Å².